The van der Waals surface area contributed by atoms with Crippen molar-refractivity contribution in [3.63, 3.8) is 0 Å². The van der Waals surface area contributed by atoms with Gasteiger partial charge in [0.15, 0.2) is 11.0 Å². The highest BCUT2D eigenvalue weighted by atomic mass is 35.5. The number of aryl methyl sites for hydroxylation is 2. The van der Waals surface area contributed by atoms with Crippen LogP contribution in [0.4, 0.5) is 11.5 Å². The number of hydrogen-bond donors (Lipinski definition) is 1. The van der Waals surface area contributed by atoms with E-state index in [1.165, 1.54) is 10.7 Å². The minimum atomic E-state index is -0.302. The lowest BCUT2D eigenvalue weighted by Gasteiger charge is -2.09. The third-order valence-corrected chi connectivity index (χ3v) is 3.36. The van der Waals surface area contributed by atoms with E-state index < -0.39 is 0 Å². The fraction of sp³-hybridized carbons (Fsp3) is 0.500. The van der Waals surface area contributed by atoms with Crippen LogP contribution in [0.2, 0.25) is 5.15 Å². The highest BCUT2D eigenvalue weighted by molar-refractivity contribution is 6.29. The van der Waals surface area contributed by atoms with Crippen LogP contribution in [0.5, 0.6) is 0 Å². The van der Waals surface area contributed by atoms with Crippen molar-refractivity contribution in [3.05, 3.63) is 33.3 Å². The number of ether oxygens (including phenoxy) is 1. The van der Waals surface area contributed by atoms with Crippen LogP contribution in [0.1, 0.15) is 25.5 Å². The standard InChI is InChI=1S/C14H20ClN5O2/c1-4-5-6-22-9-20-14(21)11(8-12(15)17-20)16-13-7-10(2)19(3)18-13/h7-8H,4-6,9H2,1-3H3,(H,16,18). The number of halogens is 1. The number of aromatic nitrogens is 4. The molecular formula is C14H20ClN5O2. The molecule has 0 aliphatic carbocycles. The molecule has 2 rings (SSSR count). The molecule has 0 aliphatic heterocycles. The summed E-state index contributed by atoms with van der Waals surface area (Å²) in [5.74, 6) is 0.581. The fourth-order valence-electron chi connectivity index (χ4n) is 1.84. The monoisotopic (exact) mass is 325 g/mol. The molecule has 0 amide bonds. The van der Waals surface area contributed by atoms with Crippen molar-refractivity contribution in [1.29, 1.82) is 0 Å². The van der Waals surface area contributed by atoms with Crippen LogP contribution in [0.3, 0.4) is 0 Å². The SMILES string of the molecule is CCCCOCn1nc(Cl)cc(Nc2cc(C)n(C)n2)c1=O. The zero-order valence-corrected chi connectivity index (χ0v) is 13.7. The molecule has 2 aromatic rings. The van der Waals surface area contributed by atoms with Gasteiger partial charge in [-0.25, -0.2) is 4.68 Å². The first-order valence-electron chi connectivity index (χ1n) is 7.14. The highest BCUT2D eigenvalue weighted by Gasteiger charge is 2.10. The van der Waals surface area contributed by atoms with Crippen LogP contribution in [0, 0.1) is 6.92 Å². The second kappa shape index (κ2) is 7.42. The van der Waals surface area contributed by atoms with Crippen molar-refractivity contribution < 1.29 is 4.74 Å². The van der Waals surface area contributed by atoms with Gasteiger partial charge in [-0.05, 0) is 13.3 Å². The summed E-state index contributed by atoms with van der Waals surface area (Å²) in [5, 5.41) is 11.4. The second-order valence-corrected chi connectivity index (χ2v) is 5.38. The Kier molecular flexibility index (Phi) is 5.57. The van der Waals surface area contributed by atoms with Crippen LogP contribution in [-0.4, -0.2) is 26.2 Å². The smallest absolute Gasteiger partial charge is 0.292 e. The Morgan fingerprint density at radius 3 is 2.77 bits per heavy atom. The van der Waals surface area contributed by atoms with Crippen LogP contribution in [0.15, 0.2) is 16.9 Å². The topological polar surface area (TPSA) is 74.0 Å². The van der Waals surface area contributed by atoms with Crippen LogP contribution >= 0.6 is 11.6 Å². The van der Waals surface area contributed by atoms with Crippen LogP contribution in [-0.2, 0) is 18.5 Å². The molecule has 0 aromatic carbocycles. The summed E-state index contributed by atoms with van der Waals surface area (Å²) in [5.41, 5.74) is 0.993. The third kappa shape index (κ3) is 4.08. The van der Waals surface area contributed by atoms with Gasteiger partial charge in [-0.3, -0.25) is 9.48 Å². The van der Waals surface area contributed by atoms with E-state index >= 15 is 0 Å². The zero-order chi connectivity index (χ0) is 16.1. The van der Waals surface area contributed by atoms with Crippen molar-refractivity contribution in [2.75, 3.05) is 11.9 Å². The summed E-state index contributed by atoms with van der Waals surface area (Å²) < 4.78 is 8.34. The van der Waals surface area contributed by atoms with E-state index in [0.717, 1.165) is 18.5 Å². The molecule has 0 saturated carbocycles. The maximum absolute atomic E-state index is 12.3. The molecule has 0 bridgehead atoms. The van der Waals surface area contributed by atoms with Crippen molar-refractivity contribution in [2.45, 2.75) is 33.4 Å². The van der Waals surface area contributed by atoms with Crippen molar-refractivity contribution in [3.8, 4) is 0 Å². The van der Waals surface area contributed by atoms with E-state index in [0.29, 0.717) is 18.1 Å². The van der Waals surface area contributed by atoms with Gasteiger partial charge in [0.1, 0.15) is 12.4 Å². The van der Waals surface area contributed by atoms with Gasteiger partial charge >= 0.3 is 0 Å². The average molecular weight is 326 g/mol. The lowest BCUT2D eigenvalue weighted by Crippen LogP contribution is -2.26. The number of rotatable bonds is 7. The van der Waals surface area contributed by atoms with Gasteiger partial charge in [0, 0.05) is 31.5 Å². The molecular weight excluding hydrogens is 306 g/mol. The van der Waals surface area contributed by atoms with Gasteiger partial charge in [0.25, 0.3) is 5.56 Å². The van der Waals surface area contributed by atoms with E-state index in [9.17, 15) is 4.79 Å². The van der Waals surface area contributed by atoms with Crippen molar-refractivity contribution in [2.24, 2.45) is 7.05 Å². The maximum Gasteiger partial charge on any atom is 0.292 e. The predicted molar refractivity (Wildman–Crippen MR) is 85.6 cm³/mol. The summed E-state index contributed by atoms with van der Waals surface area (Å²) in [6, 6.07) is 3.33. The van der Waals surface area contributed by atoms with Gasteiger partial charge < -0.3 is 10.1 Å². The Morgan fingerprint density at radius 2 is 2.14 bits per heavy atom. The molecule has 0 atom stereocenters. The molecule has 7 nitrogen and oxygen atoms in total. The van der Waals surface area contributed by atoms with Gasteiger partial charge in [-0.15, -0.1) is 0 Å². The lowest BCUT2D eigenvalue weighted by molar-refractivity contribution is 0.0636. The predicted octanol–water partition coefficient (Wildman–Crippen LogP) is 2.46. The second-order valence-electron chi connectivity index (χ2n) is 5.00. The molecule has 0 radical (unpaired) electrons. The van der Waals surface area contributed by atoms with Crippen molar-refractivity contribution in [1.82, 2.24) is 19.6 Å². The lowest BCUT2D eigenvalue weighted by atomic mass is 10.4. The Balaban J connectivity index is 2.17. The molecule has 1 N–H and O–H groups in total. The number of hydrogen-bond acceptors (Lipinski definition) is 5. The molecule has 0 fully saturated rings. The van der Waals surface area contributed by atoms with E-state index in [4.69, 9.17) is 16.3 Å². The first-order valence-corrected chi connectivity index (χ1v) is 7.52. The number of unbranched alkanes of at least 4 members (excludes halogenated alkanes) is 1. The Morgan fingerprint density at radius 1 is 1.36 bits per heavy atom. The molecule has 2 aromatic heterocycles. The summed E-state index contributed by atoms with van der Waals surface area (Å²) in [6.07, 6.45) is 1.97. The van der Waals surface area contributed by atoms with E-state index in [2.05, 4.69) is 22.4 Å². The number of nitrogens with one attached hydrogen (secondary N) is 1. The molecule has 0 saturated heterocycles. The highest BCUT2D eigenvalue weighted by Crippen LogP contribution is 2.15. The first kappa shape index (κ1) is 16.5. The van der Waals surface area contributed by atoms with Gasteiger partial charge in [0.2, 0.25) is 0 Å². The van der Waals surface area contributed by atoms with Gasteiger partial charge in [-0.2, -0.15) is 10.2 Å². The minimum Gasteiger partial charge on any atom is -0.359 e. The van der Waals surface area contributed by atoms with E-state index in [1.54, 1.807) is 4.68 Å². The quantitative estimate of drug-likeness (QED) is 0.791. The summed E-state index contributed by atoms with van der Waals surface area (Å²) in [4.78, 5) is 12.3. The normalized spacial score (nSPS) is 10.9. The minimum absolute atomic E-state index is 0.0787. The van der Waals surface area contributed by atoms with Gasteiger partial charge in [0.05, 0.1) is 0 Å². The zero-order valence-electron chi connectivity index (χ0n) is 13.0. The summed E-state index contributed by atoms with van der Waals surface area (Å²) in [7, 11) is 1.83. The number of nitrogens with zero attached hydrogens (tertiary/aromatic N) is 4. The molecule has 8 heteroatoms. The van der Waals surface area contributed by atoms with Crippen LogP contribution < -0.4 is 10.9 Å². The molecule has 22 heavy (non-hydrogen) atoms. The fourth-order valence-corrected chi connectivity index (χ4v) is 2.04. The van der Waals surface area contributed by atoms with Crippen LogP contribution in [0.25, 0.3) is 0 Å². The molecule has 2 heterocycles. The average Bonchev–Trinajstić information content (AvgIpc) is 2.78. The molecule has 0 aliphatic rings. The summed E-state index contributed by atoms with van der Waals surface area (Å²) in [6.45, 7) is 4.66. The summed E-state index contributed by atoms with van der Waals surface area (Å²) >= 11 is 5.97. The Hall–Kier alpha value is -1.86. The Labute approximate surface area is 133 Å². The van der Waals surface area contributed by atoms with Crippen molar-refractivity contribution >= 4 is 23.1 Å². The number of anilines is 2. The molecule has 120 valence electrons. The third-order valence-electron chi connectivity index (χ3n) is 3.18. The first-order chi connectivity index (χ1) is 10.5. The van der Waals surface area contributed by atoms with Gasteiger partial charge in [-0.1, -0.05) is 24.9 Å². The maximum atomic E-state index is 12.3. The Bertz CT molecular complexity index is 676. The van der Waals surface area contributed by atoms with E-state index in [1.807, 2.05) is 20.0 Å². The molecule has 0 unspecified atom stereocenters. The van der Waals surface area contributed by atoms with E-state index in [-0.39, 0.29) is 17.4 Å². The largest absolute Gasteiger partial charge is 0.359 e. The molecule has 0 spiro atoms.